The van der Waals surface area contributed by atoms with Crippen molar-refractivity contribution < 1.29 is 14.4 Å². The van der Waals surface area contributed by atoms with Gasteiger partial charge >= 0.3 is 0 Å². The molecule has 0 aliphatic heterocycles. The Labute approximate surface area is 97.3 Å². The molecule has 1 heterocycles. The Morgan fingerprint density at radius 3 is 2.88 bits per heavy atom. The molecule has 0 saturated heterocycles. The first-order valence-corrected chi connectivity index (χ1v) is 5.03. The second-order valence-corrected chi connectivity index (χ2v) is 3.18. The van der Waals surface area contributed by atoms with Crippen LogP contribution < -0.4 is 4.74 Å². The molecule has 0 atom stereocenters. The van der Waals surface area contributed by atoms with Crippen LogP contribution in [0.5, 0.6) is 5.88 Å². The van der Waals surface area contributed by atoms with Crippen LogP contribution in [0.3, 0.4) is 0 Å². The molecule has 88 valence electrons. The topological polar surface area (TPSA) is 74.5 Å². The standard InChI is InChI=1S/C9H11ClN2O4/c1-2-15-3-4-16-9-6-7(12(13)14)5-8(10)11-9/h5-6H,2-4H2,1H3. The van der Waals surface area contributed by atoms with E-state index in [0.717, 1.165) is 6.07 Å². The van der Waals surface area contributed by atoms with E-state index in [1.165, 1.54) is 6.07 Å². The zero-order valence-corrected chi connectivity index (χ0v) is 9.44. The number of ether oxygens (including phenoxy) is 2. The van der Waals surface area contributed by atoms with Crippen molar-refractivity contribution in [3.63, 3.8) is 0 Å². The number of aromatic nitrogens is 1. The van der Waals surface area contributed by atoms with Gasteiger partial charge in [0.15, 0.2) is 0 Å². The summed E-state index contributed by atoms with van der Waals surface area (Å²) in [5, 5.41) is 10.5. The summed E-state index contributed by atoms with van der Waals surface area (Å²) in [6.45, 7) is 3.13. The molecule has 0 spiro atoms. The predicted octanol–water partition coefficient (Wildman–Crippen LogP) is 2.06. The Kier molecular flexibility index (Phi) is 4.94. The molecule has 1 aromatic rings. The zero-order valence-electron chi connectivity index (χ0n) is 8.68. The molecule has 0 N–H and O–H groups in total. The summed E-state index contributed by atoms with van der Waals surface area (Å²) < 4.78 is 10.2. The van der Waals surface area contributed by atoms with Gasteiger partial charge in [-0.25, -0.2) is 4.98 Å². The van der Waals surface area contributed by atoms with E-state index in [0.29, 0.717) is 13.2 Å². The summed E-state index contributed by atoms with van der Waals surface area (Å²) in [6, 6.07) is 2.38. The second-order valence-electron chi connectivity index (χ2n) is 2.79. The van der Waals surface area contributed by atoms with Gasteiger partial charge < -0.3 is 9.47 Å². The molecule has 0 aliphatic rings. The molecular weight excluding hydrogens is 236 g/mol. The van der Waals surface area contributed by atoms with Crippen LogP contribution >= 0.6 is 11.6 Å². The lowest BCUT2D eigenvalue weighted by Gasteiger charge is -2.05. The smallest absolute Gasteiger partial charge is 0.277 e. The van der Waals surface area contributed by atoms with E-state index in [-0.39, 0.29) is 23.3 Å². The normalized spacial score (nSPS) is 10.1. The van der Waals surface area contributed by atoms with Crippen LogP contribution in [0.15, 0.2) is 12.1 Å². The molecule has 0 bridgehead atoms. The third-order valence-corrected chi connectivity index (χ3v) is 1.84. The number of nitrogens with zero attached hydrogens (tertiary/aromatic N) is 2. The molecule has 16 heavy (non-hydrogen) atoms. The highest BCUT2D eigenvalue weighted by Gasteiger charge is 2.10. The first-order valence-electron chi connectivity index (χ1n) is 4.66. The zero-order chi connectivity index (χ0) is 12.0. The lowest BCUT2D eigenvalue weighted by Crippen LogP contribution is -2.07. The van der Waals surface area contributed by atoms with Crippen LogP contribution in [0.4, 0.5) is 5.69 Å². The minimum Gasteiger partial charge on any atom is -0.475 e. The highest BCUT2D eigenvalue weighted by molar-refractivity contribution is 6.29. The van der Waals surface area contributed by atoms with E-state index in [1.807, 2.05) is 6.92 Å². The summed E-state index contributed by atoms with van der Waals surface area (Å²) in [5.41, 5.74) is -0.147. The number of hydrogen-bond donors (Lipinski definition) is 0. The minimum atomic E-state index is -0.553. The largest absolute Gasteiger partial charge is 0.475 e. The van der Waals surface area contributed by atoms with Crippen molar-refractivity contribution in [3.8, 4) is 5.88 Å². The van der Waals surface area contributed by atoms with Crippen molar-refractivity contribution in [1.82, 2.24) is 4.98 Å². The van der Waals surface area contributed by atoms with Crippen LogP contribution in [-0.2, 0) is 4.74 Å². The molecule has 0 radical (unpaired) electrons. The summed E-state index contributed by atoms with van der Waals surface area (Å²) >= 11 is 5.61. The van der Waals surface area contributed by atoms with Crippen LogP contribution in [0.25, 0.3) is 0 Å². The molecular formula is C9H11ClN2O4. The maximum Gasteiger partial charge on any atom is 0.277 e. The van der Waals surface area contributed by atoms with Gasteiger partial charge in [-0.3, -0.25) is 10.1 Å². The van der Waals surface area contributed by atoms with Gasteiger partial charge in [-0.05, 0) is 6.92 Å². The lowest BCUT2D eigenvalue weighted by molar-refractivity contribution is -0.385. The van der Waals surface area contributed by atoms with Crippen molar-refractivity contribution >= 4 is 17.3 Å². The summed E-state index contributed by atoms with van der Waals surface area (Å²) in [4.78, 5) is 13.8. The Balaban J connectivity index is 2.62. The predicted molar refractivity (Wildman–Crippen MR) is 57.9 cm³/mol. The van der Waals surface area contributed by atoms with Gasteiger partial charge in [0.05, 0.1) is 23.7 Å². The average molecular weight is 247 g/mol. The molecule has 0 amide bonds. The van der Waals surface area contributed by atoms with Crippen LogP contribution in [0, 0.1) is 10.1 Å². The molecule has 1 aromatic heterocycles. The quantitative estimate of drug-likeness (QED) is 0.332. The van der Waals surface area contributed by atoms with Gasteiger partial charge in [0.1, 0.15) is 11.8 Å². The SMILES string of the molecule is CCOCCOc1cc([N+](=O)[O-])cc(Cl)n1. The maximum absolute atomic E-state index is 10.5. The van der Waals surface area contributed by atoms with E-state index in [2.05, 4.69) is 4.98 Å². The monoisotopic (exact) mass is 246 g/mol. The average Bonchev–Trinajstić information content (AvgIpc) is 2.23. The van der Waals surface area contributed by atoms with Crippen molar-refractivity contribution in [1.29, 1.82) is 0 Å². The first-order chi connectivity index (χ1) is 7.63. The fourth-order valence-corrected chi connectivity index (χ4v) is 1.18. The Bertz CT molecular complexity index is 373. The van der Waals surface area contributed by atoms with Gasteiger partial charge in [-0.15, -0.1) is 0 Å². The molecule has 0 saturated carbocycles. The van der Waals surface area contributed by atoms with E-state index in [9.17, 15) is 10.1 Å². The minimum absolute atomic E-state index is 0.0283. The van der Waals surface area contributed by atoms with Crippen molar-refractivity contribution in [2.45, 2.75) is 6.92 Å². The molecule has 0 unspecified atom stereocenters. The van der Waals surface area contributed by atoms with Crippen molar-refractivity contribution in [2.75, 3.05) is 19.8 Å². The van der Waals surface area contributed by atoms with Crippen LogP contribution in [0.2, 0.25) is 5.15 Å². The van der Waals surface area contributed by atoms with Gasteiger partial charge in [-0.1, -0.05) is 11.6 Å². The lowest BCUT2D eigenvalue weighted by atomic mass is 10.4. The molecule has 0 fully saturated rings. The maximum atomic E-state index is 10.5. The Hall–Kier alpha value is -1.40. The third kappa shape index (κ3) is 4.00. The van der Waals surface area contributed by atoms with Gasteiger partial charge in [0.2, 0.25) is 5.88 Å². The molecule has 0 aliphatic carbocycles. The Morgan fingerprint density at radius 2 is 2.25 bits per heavy atom. The summed E-state index contributed by atoms with van der Waals surface area (Å²) in [6.07, 6.45) is 0. The highest BCUT2D eigenvalue weighted by Crippen LogP contribution is 2.21. The Morgan fingerprint density at radius 1 is 1.50 bits per heavy atom. The number of halogens is 1. The van der Waals surface area contributed by atoms with E-state index in [4.69, 9.17) is 21.1 Å². The first kappa shape index (κ1) is 12.7. The summed E-state index contributed by atoms with van der Waals surface area (Å²) in [5.74, 6) is 0.124. The number of hydrogen-bond acceptors (Lipinski definition) is 5. The number of rotatable bonds is 6. The third-order valence-electron chi connectivity index (χ3n) is 1.65. The summed E-state index contributed by atoms with van der Waals surface area (Å²) in [7, 11) is 0. The number of nitro groups is 1. The molecule has 7 heteroatoms. The molecule has 1 rings (SSSR count). The van der Waals surface area contributed by atoms with Gasteiger partial charge in [0.25, 0.3) is 5.69 Å². The van der Waals surface area contributed by atoms with E-state index in [1.54, 1.807) is 0 Å². The van der Waals surface area contributed by atoms with E-state index >= 15 is 0 Å². The van der Waals surface area contributed by atoms with Gasteiger partial charge in [-0.2, -0.15) is 0 Å². The van der Waals surface area contributed by atoms with Crippen molar-refractivity contribution in [2.24, 2.45) is 0 Å². The van der Waals surface area contributed by atoms with E-state index < -0.39 is 4.92 Å². The second kappa shape index (κ2) is 6.24. The molecule has 6 nitrogen and oxygen atoms in total. The fourth-order valence-electron chi connectivity index (χ4n) is 0.989. The van der Waals surface area contributed by atoms with Crippen LogP contribution in [0.1, 0.15) is 6.92 Å². The highest BCUT2D eigenvalue weighted by atomic mass is 35.5. The van der Waals surface area contributed by atoms with Gasteiger partial charge in [0, 0.05) is 6.61 Å². The number of pyridine rings is 1. The molecule has 0 aromatic carbocycles. The van der Waals surface area contributed by atoms with Crippen LogP contribution in [-0.4, -0.2) is 29.7 Å². The fraction of sp³-hybridized carbons (Fsp3) is 0.444. The van der Waals surface area contributed by atoms with Crippen molar-refractivity contribution in [3.05, 3.63) is 27.4 Å².